The first-order valence-electron chi connectivity index (χ1n) is 3.22. The second-order valence-electron chi connectivity index (χ2n) is 2.34. The highest BCUT2D eigenvalue weighted by Gasteiger charge is 2.22. The lowest BCUT2D eigenvalue weighted by molar-refractivity contribution is -0.157. The maximum Gasteiger partial charge on any atom is 0.345 e. The minimum atomic E-state index is -0.589. The molecule has 3 nitrogen and oxygen atoms in total. The van der Waals surface area contributed by atoms with Crippen LogP contribution < -0.4 is 0 Å². The second-order valence-corrected chi connectivity index (χ2v) is 2.34. The van der Waals surface area contributed by atoms with Crippen LogP contribution in [0.15, 0.2) is 23.8 Å². The Hall–Kier alpha value is -1.38. The highest BCUT2D eigenvalue weighted by atomic mass is 16.6. The molecule has 0 atom stereocenters. The first-order valence-corrected chi connectivity index (χ1v) is 3.22. The smallest absolute Gasteiger partial charge is 0.345 e. The molecule has 0 aromatic carbocycles. The van der Waals surface area contributed by atoms with E-state index < -0.39 is 11.9 Å². The van der Waals surface area contributed by atoms with Crippen molar-refractivity contribution in [3.05, 3.63) is 23.8 Å². The highest BCUT2D eigenvalue weighted by Crippen LogP contribution is 2.17. The minimum Gasteiger partial charge on any atom is -0.389 e. The van der Waals surface area contributed by atoms with Crippen LogP contribution >= 0.6 is 0 Å². The van der Waals surface area contributed by atoms with Gasteiger partial charge in [-0.05, 0) is 12.5 Å². The third kappa shape index (κ3) is 1.37. The van der Waals surface area contributed by atoms with Crippen LogP contribution in [0.2, 0.25) is 0 Å². The number of cyclic esters (lactones) is 2. The van der Waals surface area contributed by atoms with Gasteiger partial charge in [0.05, 0.1) is 12.0 Å². The van der Waals surface area contributed by atoms with Crippen LogP contribution in [0.25, 0.3) is 0 Å². The zero-order valence-corrected chi connectivity index (χ0v) is 6.22. The van der Waals surface area contributed by atoms with E-state index in [0.717, 1.165) is 5.57 Å². The van der Waals surface area contributed by atoms with E-state index in [4.69, 9.17) is 0 Å². The van der Waals surface area contributed by atoms with Gasteiger partial charge in [0.25, 0.3) is 0 Å². The summed E-state index contributed by atoms with van der Waals surface area (Å²) >= 11 is 0. The third-order valence-corrected chi connectivity index (χ3v) is 1.50. The van der Waals surface area contributed by atoms with E-state index in [1.165, 1.54) is 6.08 Å². The average Bonchev–Trinajstić information content (AvgIpc) is 1.85. The summed E-state index contributed by atoms with van der Waals surface area (Å²) in [7, 11) is 0. The first kappa shape index (κ1) is 7.72. The fourth-order valence-corrected chi connectivity index (χ4v) is 0.938. The Bertz CT molecular complexity index is 261. The van der Waals surface area contributed by atoms with Crippen molar-refractivity contribution in [1.82, 2.24) is 0 Å². The first-order chi connectivity index (χ1) is 5.15. The molecule has 58 valence electrons. The molecule has 0 saturated carbocycles. The monoisotopic (exact) mass is 152 g/mol. The van der Waals surface area contributed by atoms with Crippen LogP contribution in [0.5, 0.6) is 0 Å². The van der Waals surface area contributed by atoms with Gasteiger partial charge in [0, 0.05) is 0 Å². The number of hydrogen-bond donors (Lipinski definition) is 0. The molecule has 0 amide bonds. The molecule has 0 radical (unpaired) electrons. The van der Waals surface area contributed by atoms with Gasteiger partial charge in [0.2, 0.25) is 0 Å². The number of carbonyl (C=O) groups is 2. The fraction of sp³-hybridized carbons (Fsp3) is 0.250. The van der Waals surface area contributed by atoms with Crippen molar-refractivity contribution in [2.45, 2.75) is 13.3 Å². The molecule has 0 saturated heterocycles. The van der Waals surface area contributed by atoms with Crippen LogP contribution in [0.3, 0.4) is 0 Å². The number of carbonyl (C=O) groups excluding carboxylic acids is 2. The van der Waals surface area contributed by atoms with Crippen molar-refractivity contribution >= 4 is 11.9 Å². The minimum absolute atomic E-state index is 0.188. The molecule has 0 aliphatic carbocycles. The average molecular weight is 152 g/mol. The van der Waals surface area contributed by atoms with E-state index in [-0.39, 0.29) is 6.42 Å². The van der Waals surface area contributed by atoms with Gasteiger partial charge in [-0.2, -0.15) is 0 Å². The van der Waals surface area contributed by atoms with Crippen LogP contribution in [0.1, 0.15) is 13.3 Å². The molecule has 11 heavy (non-hydrogen) atoms. The molecular formula is C8H8O3. The van der Waals surface area contributed by atoms with Gasteiger partial charge < -0.3 is 4.74 Å². The predicted molar refractivity (Wildman–Crippen MR) is 38.6 cm³/mol. The molecule has 3 heteroatoms. The fourth-order valence-electron chi connectivity index (χ4n) is 0.938. The zero-order chi connectivity index (χ0) is 8.43. The Balaban J connectivity index is 3.03. The van der Waals surface area contributed by atoms with Gasteiger partial charge >= 0.3 is 11.9 Å². The van der Waals surface area contributed by atoms with Gasteiger partial charge in [0.1, 0.15) is 0 Å². The molecule has 0 bridgehead atoms. The molecule has 0 aromatic heterocycles. The Labute approximate surface area is 64.3 Å². The lowest BCUT2D eigenvalue weighted by Crippen LogP contribution is -2.20. The summed E-state index contributed by atoms with van der Waals surface area (Å²) in [4.78, 5) is 21.5. The SMILES string of the molecule is C=CC1=C(C)CC(=O)OC1=O. The summed E-state index contributed by atoms with van der Waals surface area (Å²) in [5, 5.41) is 0. The largest absolute Gasteiger partial charge is 0.389 e. The van der Waals surface area contributed by atoms with Gasteiger partial charge in [-0.15, -0.1) is 0 Å². The van der Waals surface area contributed by atoms with Crippen LogP contribution in [0.4, 0.5) is 0 Å². The molecule has 0 fully saturated rings. The van der Waals surface area contributed by atoms with Crippen molar-refractivity contribution in [3.8, 4) is 0 Å². The number of ether oxygens (including phenoxy) is 1. The summed E-state index contributed by atoms with van der Waals surface area (Å²) in [6.45, 7) is 5.16. The van der Waals surface area contributed by atoms with E-state index in [2.05, 4.69) is 11.3 Å². The van der Waals surface area contributed by atoms with Crippen molar-refractivity contribution in [1.29, 1.82) is 0 Å². The molecular weight excluding hydrogens is 144 g/mol. The number of hydrogen-bond acceptors (Lipinski definition) is 3. The summed E-state index contributed by atoms with van der Waals surface area (Å²) in [6.07, 6.45) is 1.59. The van der Waals surface area contributed by atoms with E-state index in [0.29, 0.717) is 5.57 Å². The topological polar surface area (TPSA) is 43.4 Å². The Morgan fingerprint density at radius 1 is 1.55 bits per heavy atom. The standard InChI is InChI=1S/C8H8O3/c1-3-6-5(2)4-7(9)11-8(6)10/h3H,1,4H2,2H3. The molecule has 0 spiro atoms. The maximum absolute atomic E-state index is 10.9. The zero-order valence-electron chi connectivity index (χ0n) is 6.22. The van der Waals surface area contributed by atoms with E-state index in [1.54, 1.807) is 6.92 Å². The highest BCUT2D eigenvalue weighted by molar-refractivity contribution is 6.02. The van der Waals surface area contributed by atoms with Crippen molar-refractivity contribution in [2.24, 2.45) is 0 Å². The molecule has 0 aromatic rings. The molecule has 0 unspecified atom stereocenters. The predicted octanol–water partition coefficient (Wildman–Crippen LogP) is 0.962. The van der Waals surface area contributed by atoms with Crippen molar-refractivity contribution in [3.63, 3.8) is 0 Å². The normalized spacial score (nSPS) is 18.3. The van der Waals surface area contributed by atoms with E-state index >= 15 is 0 Å². The van der Waals surface area contributed by atoms with E-state index in [1.807, 2.05) is 0 Å². The van der Waals surface area contributed by atoms with E-state index in [9.17, 15) is 9.59 Å². The van der Waals surface area contributed by atoms with Crippen molar-refractivity contribution in [2.75, 3.05) is 0 Å². The molecule has 1 rings (SSSR count). The number of esters is 2. The summed E-state index contributed by atoms with van der Waals surface area (Å²) in [6, 6.07) is 0. The van der Waals surface area contributed by atoms with Crippen LogP contribution in [-0.2, 0) is 14.3 Å². The Morgan fingerprint density at radius 3 is 2.64 bits per heavy atom. The second kappa shape index (κ2) is 2.70. The quantitative estimate of drug-likeness (QED) is 0.415. The lowest BCUT2D eigenvalue weighted by atomic mass is 10.1. The molecule has 1 aliphatic rings. The van der Waals surface area contributed by atoms with Gasteiger partial charge in [-0.1, -0.05) is 12.7 Å². The van der Waals surface area contributed by atoms with Gasteiger partial charge in [0.15, 0.2) is 0 Å². The molecule has 0 N–H and O–H groups in total. The van der Waals surface area contributed by atoms with Crippen LogP contribution in [0, 0.1) is 0 Å². The van der Waals surface area contributed by atoms with Gasteiger partial charge in [-0.3, -0.25) is 4.79 Å². The van der Waals surface area contributed by atoms with Crippen LogP contribution in [-0.4, -0.2) is 11.9 Å². The third-order valence-electron chi connectivity index (χ3n) is 1.50. The Morgan fingerprint density at radius 2 is 2.18 bits per heavy atom. The number of rotatable bonds is 1. The lowest BCUT2D eigenvalue weighted by Gasteiger charge is -2.12. The summed E-state index contributed by atoms with van der Waals surface area (Å²) in [5.41, 5.74) is 1.13. The molecule has 1 aliphatic heterocycles. The summed E-state index contributed by atoms with van der Waals surface area (Å²) in [5.74, 6) is -1.08. The molecule has 1 heterocycles. The van der Waals surface area contributed by atoms with Gasteiger partial charge in [-0.25, -0.2) is 4.79 Å². The maximum atomic E-state index is 10.9. The van der Waals surface area contributed by atoms with Crippen molar-refractivity contribution < 1.29 is 14.3 Å². The summed E-state index contributed by atoms with van der Waals surface area (Å²) < 4.78 is 4.35. The Kier molecular flexibility index (Phi) is 1.89.